The number of benzene rings is 2. The first-order valence-electron chi connectivity index (χ1n) is 16.0. The van der Waals surface area contributed by atoms with Crippen LogP contribution in [0.4, 0.5) is 0 Å². The van der Waals surface area contributed by atoms with Crippen molar-refractivity contribution in [2.24, 2.45) is 28.1 Å². The van der Waals surface area contributed by atoms with E-state index in [1.807, 2.05) is 0 Å². The van der Waals surface area contributed by atoms with Crippen LogP contribution in [0.15, 0.2) is 54.6 Å². The summed E-state index contributed by atoms with van der Waals surface area (Å²) in [5.41, 5.74) is 3.43. The van der Waals surface area contributed by atoms with Crippen molar-refractivity contribution in [1.29, 1.82) is 0 Å². The van der Waals surface area contributed by atoms with E-state index >= 15 is 0 Å². The first-order valence-corrected chi connectivity index (χ1v) is 16.0. The zero-order chi connectivity index (χ0) is 29.3. The topological polar surface area (TPSA) is 9.23 Å². The molecule has 0 saturated heterocycles. The number of hydrogen-bond donors (Lipinski definition) is 0. The highest BCUT2D eigenvalue weighted by Gasteiger charge is 2.46. The van der Waals surface area contributed by atoms with Gasteiger partial charge in [0.1, 0.15) is 5.75 Å². The Morgan fingerprint density at radius 1 is 0.692 bits per heavy atom. The third kappa shape index (κ3) is 10.3. The van der Waals surface area contributed by atoms with Gasteiger partial charge in [-0.3, -0.25) is 0 Å². The van der Waals surface area contributed by atoms with Crippen LogP contribution in [0.25, 0.3) is 0 Å². The second-order valence-electron chi connectivity index (χ2n) is 15.2. The Labute approximate surface area is 243 Å². The average Bonchev–Trinajstić information content (AvgIpc) is 2.83. The van der Waals surface area contributed by atoms with Gasteiger partial charge in [0.05, 0.1) is 6.61 Å². The van der Waals surface area contributed by atoms with E-state index in [1.165, 1.54) is 43.2 Å². The molecule has 3 rings (SSSR count). The molecule has 1 heteroatoms. The Morgan fingerprint density at radius 2 is 1.23 bits per heavy atom. The van der Waals surface area contributed by atoms with Gasteiger partial charge in [0, 0.05) is 0 Å². The van der Waals surface area contributed by atoms with E-state index in [0.29, 0.717) is 23.7 Å². The molecule has 220 valence electrons. The van der Waals surface area contributed by atoms with E-state index < -0.39 is 0 Å². The summed E-state index contributed by atoms with van der Waals surface area (Å²) in [5.74, 6) is 3.20. The lowest BCUT2D eigenvalue weighted by molar-refractivity contribution is 0.0378. The summed E-state index contributed by atoms with van der Waals surface area (Å²) in [6.07, 6.45) is 9.49. The van der Waals surface area contributed by atoms with Gasteiger partial charge in [-0.2, -0.15) is 0 Å². The summed E-state index contributed by atoms with van der Waals surface area (Å²) in [6.45, 7) is 27.2. The summed E-state index contributed by atoms with van der Waals surface area (Å²) in [5, 5.41) is 0. The van der Waals surface area contributed by atoms with Gasteiger partial charge in [0.2, 0.25) is 0 Å². The highest BCUT2D eigenvalue weighted by Crippen LogP contribution is 2.56. The molecule has 0 bridgehead atoms. The van der Waals surface area contributed by atoms with Gasteiger partial charge in [0.15, 0.2) is 0 Å². The molecule has 1 saturated carbocycles. The van der Waals surface area contributed by atoms with Crippen molar-refractivity contribution in [1.82, 2.24) is 0 Å². The van der Waals surface area contributed by atoms with Crippen molar-refractivity contribution >= 4 is 0 Å². The lowest BCUT2D eigenvalue weighted by Crippen LogP contribution is -2.41. The Bertz CT molecular complexity index is 921. The van der Waals surface area contributed by atoms with Gasteiger partial charge >= 0.3 is 0 Å². The maximum absolute atomic E-state index is 6.08. The monoisotopic (exact) mass is 534 g/mol. The molecule has 2 aromatic rings. The second kappa shape index (κ2) is 14.7. The minimum absolute atomic E-state index is 0.112. The molecule has 2 aromatic carbocycles. The van der Waals surface area contributed by atoms with E-state index in [0.717, 1.165) is 25.2 Å². The smallest absolute Gasteiger partial charge is 0.119 e. The van der Waals surface area contributed by atoms with Crippen LogP contribution in [0.1, 0.15) is 144 Å². The fourth-order valence-corrected chi connectivity index (χ4v) is 5.53. The van der Waals surface area contributed by atoms with Crippen LogP contribution >= 0.6 is 0 Å². The zero-order valence-electron chi connectivity index (χ0n) is 27.6. The summed E-state index contributed by atoms with van der Waals surface area (Å²) in [7, 11) is 0. The van der Waals surface area contributed by atoms with Gasteiger partial charge in [-0.25, -0.2) is 0 Å². The zero-order valence-corrected chi connectivity index (χ0v) is 27.6. The molecule has 1 aliphatic rings. The molecular weight excluding hydrogens is 472 g/mol. The molecule has 1 aliphatic carbocycles. The molecule has 39 heavy (non-hydrogen) atoms. The third-order valence-corrected chi connectivity index (χ3v) is 9.71. The maximum atomic E-state index is 6.08. The van der Waals surface area contributed by atoms with Crippen LogP contribution in [0, 0.1) is 28.1 Å². The van der Waals surface area contributed by atoms with Crippen LogP contribution in [-0.2, 0) is 0 Å². The molecule has 0 N–H and O–H groups in total. The van der Waals surface area contributed by atoms with Crippen molar-refractivity contribution in [3.05, 3.63) is 65.7 Å². The van der Waals surface area contributed by atoms with Gasteiger partial charge in [-0.15, -0.1) is 0 Å². The maximum Gasteiger partial charge on any atom is 0.119 e. The first-order chi connectivity index (χ1) is 18.2. The van der Waals surface area contributed by atoms with Crippen molar-refractivity contribution in [3.8, 4) is 5.75 Å². The van der Waals surface area contributed by atoms with Crippen LogP contribution in [0.5, 0.6) is 5.75 Å². The summed E-state index contributed by atoms with van der Waals surface area (Å²) in [4.78, 5) is 0. The third-order valence-electron chi connectivity index (χ3n) is 9.71. The standard InChI is InChI=1S/C34H54O.C4H8/c1-12-26(4)24-35-29-20-18-28(19-21-29)31(23-32(5,6)7)34(10,11)33(8,9)22-30(25(2)3)27-16-14-13-15-17-27;1-2-4-3-1/h13-21,25-26,30-31H,12,22-24H2,1-11H3;1-4H2. The lowest BCUT2D eigenvalue weighted by Gasteiger charge is -2.51. The van der Waals surface area contributed by atoms with Crippen LogP contribution < -0.4 is 4.74 Å². The molecule has 0 aromatic heterocycles. The minimum atomic E-state index is 0.112. The summed E-state index contributed by atoms with van der Waals surface area (Å²) < 4.78 is 6.08. The summed E-state index contributed by atoms with van der Waals surface area (Å²) >= 11 is 0. The van der Waals surface area contributed by atoms with Crippen molar-refractivity contribution < 1.29 is 4.74 Å². The van der Waals surface area contributed by atoms with Crippen molar-refractivity contribution in [3.63, 3.8) is 0 Å². The fourth-order valence-electron chi connectivity index (χ4n) is 5.53. The van der Waals surface area contributed by atoms with Crippen LogP contribution in [0.2, 0.25) is 0 Å². The van der Waals surface area contributed by atoms with Gasteiger partial charge in [0.25, 0.3) is 0 Å². The van der Waals surface area contributed by atoms with E-state index in [2.05, 4.69) is 131 Å². The average molecular weight is 535 g/mol. The van der Waals surface area contributed by atoms with E-state index in [-0.39, 0.29) is 16.2 Å². The van der Waals surface area contributed by atoms with Crippen molar-refractivity contribution in [2.75, 3.05) is 6.61 Å². The molecule has 0 spiro atoms. The Balaban J connectivity index is 0.00000122. The number of rotatable bonds is 12. The van der Waals surface area contributed by atoms with Gasteiger partial charge < -0.3 is 4.74 Å². The molecule has 1 fully saturated rings. The van der Waals surface area contributed by atoms with E-state index in [1.54, 1.807) is 0 Å². The highest BCUT2D eigenvalue weighted by molar-refractivity contribution is 5.31. The molecule has 0 aliphatic heterocycles. The predicted octanol–water partition coefficient (Wildman–Crippen LogP) is 12.1. The lowest BCUT2D eigenvalue weighted by atomic mass is 9.54. The predicted molar refractivity (Wildman–Crippen MR) is 173 cm³/mol. The quantitative estimate of drug-likeness (QED) is 0.263. The summed E-state index contributed by atoms with van der Waals surface area (Å²) in [6, 6.07) is 20.2. The molecule has 0 radical (unpaired) electrons. The minimum Gasteiger partial charge on any atom is -0.493 e. The normalized spacial score (nSPS) is 16.5. The highest BCUT2D eigenvalue weighted by atomic mass is 16.5. The number of ether oxygens (including phenoxy) is 1. The Morgan fingerprint density at radius 3 is 1.67 bits per heavy atom. The van der Waals surface area contributed by atoms with Crippen LogP contribution in [0.3, 0.4) is 0 Å². The SMILES string of the molecule is C1CCC1.CCC(C)COc1ccc(C(CC(C)(C)C)C(C)(C)C(C)(C)CC(c2ccccc2)C(C)C)cc1. The number of hydrogen-bond acceptors (Lipinski definition) is 1. The molecule has 1 nitrogen and oxygen atoms in total. The fraction of sp³-hybridized carbons (Fsp3) is 0.684. The Kier molecular flexibility index (Phi) is 12.6. The van der Waals surface area contributed by atoms with E-state index in [4.69, 9.17) is 4.74 Å². The second-order valence-corrected chi connectivity index (χ2v) is 15.2. The molecule has 3 atom stereocenters. The first kappa shape index (κ1) is 33.4. The largest absolute Gasteiger partial charge is 0.493 e. The van der Waals surface area contributed by atoms with Gasteiger partial charge in [-0.05, 0) is 76.0 Å². The Hall–Kier alpha value is -1.76. The molecule has 3 unspecified atom stereocenters. The molecular formula is C38H62O. The van der Waals surface area contributed by atoms with Crippen LogP contribution in [-0.4, -0.2) is 6.61 Å². The van der Waals surface area contributed by atoms with Crippen molar-refractivity contribution in [2.45, 2.75) is 133 Å². The molecule has 0 heterocycles. The molecule has 0 amide bonds. The van der Waals surface area contributed by atoms with Gasteiger partial charge in [-0.1, -0.05) is 151 Å². The van der Waals surface area contributed by atoms with E-state index in [9.17, 15) is 0 Å².